The minimum Gasteiger partial charge on any atom is -0.507 e. The number of ether oxygens (including phenoxy) is 1. The minimum absolute atomic E-state index is 0.0236. The van der Waals surface area contributed by atoms with Gasteiger partial charge >= 0.3 is 0 Å². The second-order valence-corrected chi connectivity index (χ2v) is 5.96. The first-order valence-electron chi connectivity index (χ1n) is 7.45. The number of fused-ring (bicyclic) bond motifs is 2. The number of phenols is 1. The van der Waals surface area contributed by atoms with Crippen LogP contribution in [-0.4, -0.2) is 59.5 Å². The minimum atomic E-state index is -0.212. The lowest BCUT2D eigenvalue weighted by Crippen LogP contribution is -2.42. The zero-order chi connectivity index (χ0) is 15.9. The lowest BCUT2D eigenvalue weighted by molar-refractivity contribution is -0.130. The van der Waals surface area contributed by atoms with Crippen molar-refractivity contribution in [2.24, 2.45) is 0 Å². The molecule has 3 rings (SSSR count). The highest BCUT2D eigenvalue weighted by molar-refractivity contribution is 5.98. The van der Waals surface area contributed by atoms with Crippen molar-refractivity contribution in [1.82, 2.24) is 9.80 Å². The number of aromatic hydroxyl groups is 1. The first kappa shape index (κ1) is 14.7. The Morgan fingerprint density at radius 1 is 1.32 bits per heavy atom. The summed E-state index contributed by atoms with van der Waals surface area (Å²) in [5, 5.41) is 10.1. The Balaban J connectivity index is 1.90. The van der Waals surface area contributed by atoms with Gasteiger partial charge in [0.1, 0.15) is 11.5 Å². The van der Waals surface area contributed by atoms with E-state index in [2.05, 4.69) is 0 Å². The van der Waals surface area contributed by atoms with Gasteiger partial charge in [-0.25, -0.2) is 0 Å². The van der Waals surface area contributed by atoms with Gasteiger partial charge in [-0.3, -0.25) is 9.59 Å². The summed E-state index contributed by atoms with van der Waals surface area (Å²) in [7, 11) is 3.28. The molecule has 2 saturated heterocycles. The van der Waals surface area contributed by atoms with Crippen LogP contribution < -0.4 is 4.74 Å². The van der Waals surface area contributed by atoms with Crippen LogP contribution in [0.1, 0.15) is 29.6 Å². The van der Waals surface area contributed by atoms with E-state index in [1.54, 1.807) is 29.0 Å². The van der Waals surface area contributed by atoms with Crippen LogP contribution in [0.25, 0.3) is 0 Å². The highest BCUT2D eigenvalue weighted by Gasteiger charge is 2.42. The van der Waals surface area contributed by atoms with Gasteiger partial charge in [0, 0.05) is 38.2 Å². The van der Waals surface area contributed by atoms with Crippen LogP contribution in [0.2, 0.25) is 0 Å². The molecule has 6 heteroatoms. The first-order valence-corrected chi connectivity index (χ1v) is 7.45. The number of benzene rings is 1. The number of phenolic OH excluding ortho intramolecular Hbond substituents is 1. The summed E-state index contributed by atoms with van der Waals surface area (Å²) in [6.07, 6.45) is 2.09. The van der Waals surface area contributed by atoms with E-state index in [9.17, 15) is 14.7 Å². The summed E-state index contributed by atoms with van der Waals surface area (Å²) in [5.74, 6) is 0.273. The third-order valence-corrected chi connectivity index (χ3v) is 4.61. The fourth-order valence-corrected chi connectivity index (χ4v) is 3.41. The Morgan fingerprint density at radius 3 is 2.73 bits per heavy atom. The van der Waals surface area contributed by atoms with Gasteiger partial charge in [-0.1, -0.05) is 0 Å². The molecule has 2 aliphatic rings. The molecule has 2 fully saturated rings. The zero-order valence-corrected chi connectivity index (χ0v) is 12.8. The van der Waals surface area contributed by atoms with Crippen LogP contribution in [0.4, 0.5) is 0 Å². The van der Waals surface area contributed by atoms with E-state index in [4.69, 9.17) is 4.74 Å². The van der Waals surface area contributed by atoms with Crippen LogP contribution in [0.3, 0.4) is 0 Å². The normalized spacial score (nSPS) is 24.4. The van der Waals surface area contributed by atoms with Gasteiger partial charge < -0.3 is 19.6 Å². The first-order chi connectivity index (χ1) is 10.5. The summed E-state index contributed by atoms with van der Waals surface area (Å²) in [4.78, 5) is 28.3. The molecule has 0 unspecified atom stereocenters. The quantitative estimate of drug-likeness (QED) is 0.892. The predicted octanol–water partition coefficient (Wildman–Crippen LogP) is 1.24. The van der Waals surface area contributed by atoms with Gasteiger partial charge in [-0.2, -0.15) is 0 Å². The number of hydrogen-bond donors (Lipinski definition) is 1. The molecule has 2 amide bonds. The Bertz CT molecular complexity index is 616. The Kier molecular flexibility index (Phi) is 3.68. The third-order valence-electron chi connectivity index (χ3n) is 4.61. The number of nitrogens with zero attached hydrogens (tertiary/aromatic N) is 2. The molecule has 2 aliphatic heterocycles. The number of likely N-dealkylation sites (N-methyl/N-ethyl adjacent to an activating group) is 1. The van der Waals surface area contributed by atoms with E-state index in [1.807, 2.05) is 0 Å². The monoisotopic (exact) mass is 304 g/mol. The molecule has 2 bridgehead atoms. The molecule has 0 saturated carbocycles. The molecule has 6 nitrogen and oxygen atoms in total. The van der Waals surface area contributed by atoms with Crippen molar-refractivity contribution in [3.8, 4) is 11.5 Å². The van der Waals surface area contributed by atoms with Crippen molar-refractivity contribution in [3.05, 3.63) is 23.8 Å². The lowest BCUT2D eigenvalue weighted by Gasteiger charge is -2.28. The van der Waals surface area contributed by atoms with Crippen molar-refractivity contribution >= 4 is 11.8 Å². The molecule has 0 spiro atoms. The number of hydrogen-bond acceptors (Lipinski definition) is 4. The van der Waals surface area contributed by atoms with Crippen molar-refractivity contribution in [2.45, 2.75) is 31.3 Å². The molecular weight excluding hydrogens is 284 g/mol. The number of rotatable bonds is 2. The predicted molar refractivity (Wildman–Crippen MR) is 79.9 cm³/mol. The maximum absolute atomic E-state index is 12.8. The summed E-state index contributed by atoms with van der Waals surface area (Å²) < 4.78 is 5.04. The topological polar surface area (TPSA) is 70.1 Å². The second kappa shape index (κ2) is 5.51. The fraction of sp³-hybridized carbons (Fsp3) is 0.500. The molecule has 0 aliphatic carbocycles. The molecule has 22 heavy (non-hydrogen) atoms. The average molecular weight is 304 g/mol. The molecule has 2 heterocycles. The van der Waals surface area contributed by atoms with Gasteiger partial charge in [0.05, 0.1) is 12.7 Å². The Hall–Kier alpha value is -2.24. The number of amides is 2. The van der Waals surface area contributed by atoms with E-state index in [-0.39, 0.29) is 35.2 Å². The zero-order valence-electron chi connectivity index (χ0n) is 12.8. The molecule has 1 N–H and O–H groups in total. The van der Waals surface area contributed by atoms with Crippen LogP contribution in [-0.2, 0) is 4.79 Å². The van der Waals surface area contributed by atoms with Gasteiger partial charge in [0.2, 0.25) is 5.91 Å². The highest BCUT2D eigenvalue weighted by Crippen LogP contribution is 2.34. The van der Waals surface area contributed by atoms with Crippen LogP contribution >= 0.6 is 0 Å². The van der Waals surface area contributed by atoms with Crippen LogP contribution in [0.15, 0.2) is 18.2 Å². The summed E-state index contributed by atoms with van der Waals surface area (Å²) >= 11 is 0. The van der Waals surface area contributed by atoms with Gasteiger partial charge in [0.15, 0.2) is 0 Å². The Morgan fingerprint density at radius 2 is 2.05 bits per heavy atom. The lowest BCUT2D eigenvalue weighted by atomic mass is 10.1. The summed E-state index contributed by atoms with van der Waals surface area (Å²) in [5.41, 5.74) is 0.259. The maximum Gasteiger partial charge on any atom is 0.258 e. The van der Waals surface area contributed by atoms with Crippen molar-refractivity contribution in [1.29, 1.82) is 0 Å². The van der Waals surface area contributed by atoms with E-state index >= 15 is 0 Å². The number of carbonyl (C=O) groups is 2. The second-order valence-electron chi connectivity index (χ2n) is 5.96. The molecule has 0 radical (unpaired) electrons. The van der Waals surface area contributed by atoms with Crippen molar-refractivity contribution in [2.75, 3.05) is 20.7 Å². The molecule has 0 aromatic heterocycles. The van der Waals surface area contributed by atoms with E-state index in [0.29, 0.717) is 18.7 Å². The van der Waals surface area contributed by atoms with Gasteiger partial charge in [-0.15, -0.1) is 0 Å². The van der Waals surface area contributed by atoms with Crippen LogP contribution in [0, 0.1) is 0 Å². The van der Waals surface area contributed by atoms with E-state index in [0.717, 1.165) is 12.8 Å². The molecule has 2 atom stereocenters. The van der Waals surface area contributed by atoms with Gasteiger partial charge in [0.25, 0.3) is 5.91 Å². The summed E-state index contributed by atoms with van der Waals surface area (Å²) in [6, 6.07) is 4.62. The summed E-state index contributed by atoms with van der Waals surface area (Å²) in [6.45, 7) is 0.554. The molecular formula is C16H20N2O4. The smallest absolute Gasteiger partial charge is 0.258 e. The Labute approximate surface area is 129 Å². The number of methoxy groups -OCH3 is 1. The largest absolute Gasteiger partial charge is 0.507 e. The van der Waals surface area contributed by atoms with E-state index < -0.39 is 0 Å². The maximum atomic E-state index is 12.8. The van der Waals surface area contributed by atoms with Crippen LogP contribution in [0.5, 0.6) is 11.5 Å². The fourth-order valence-electron chi connectivity index (χ4n) is 3.41. The molecule has 1 aromatic carbocycles. The average Bonchev–Trinajstić information content (AvgIpc) is 2.82. The molecule has 118 valence electrons. The van der Waals surface area contributed by atoms with Crippen molar-refractivity contribution < 1.29 is 19.4 Å². The highest BCUT2D eigenvalue weighted by atomic mass is 16.5. The molecule has 1 aromatic rings. The van der Waals surface area contributed by atoms with Gasteiger partial charge in [-0.05, 0) is 25.0 Å². The number of carbonyl (C=O) groups excluding carboxylic acids is 2. The SMILES string of the molecule is COc1ccc(C(=O)N2[C@@H]3CC[C@H]2CN(C)C(=O)C3)c(O)c1. The third kappa shape index (κ3) is 2.38. The van der Waals surface area contributed by atoms with Crippen molar-refractivity contribution in [3.63, 3.8) is 0 Å². The standard InChI is InChI=1S/C16H20N2O4/c1-17-9-11-4-3-10(7-15(17)20)18(11)16(21)13-6-5-12(22-2)8-14(13)19/h5-6,8,10-11,19H,3-4,7,9H2,1-2H3/t10-,11+/m1/s1. The van der Waals surface area contributed by atoms with E-state index in [1.165, 1.54) is 13.2 Å². The number of likely N-dealkylation sites (tertiary alicyclic amines) is 1.